The first-order valence-electron chi connectivity index (χ1n) is 11.0. The van der Waals surface area contributed by atoms with Gasteiger partial charge in [-0.3, -0.25) is 0 Å². The Hall–Kier alpha value is -3.24. The monoisotopic (exact) mass is 464 g/mol. The molecule has 0 saturated heterocycles. The van der Waals surface area contributed by atoms with Crippen molar-refractivity contribution in [2.45, 2.75) is 43.7 Å². The van der Waals surface area contributed by atoms with Gasteiger partial charge in [-0.2, -0.15) is 8.99 Å². The van der Waals surface area contributed by atoms with Crippen LogP contribution in [0.1, 0.15) is 35.7 Å². The van der Waals surface area contributed by atoms with Gasteiger partial charge in [0.05, 0.1) is 18.0 Å². The standard InChI is InChI=1S/C23H24N6O3S/c1-15-6-8-19-18(12-15)17-4-3-5-20-23(17)27(19)10-11-29(20)33(30,31)16-7-9-22(32-2)21(13-16)28-14-24-25-26-28/h6-9,12-14,20H,3-5,10-11H2,1-2H3/t20-/m1/s1. The molecule has 0 bridgehead atoms. The van der Waals surface area contributed by atoms with E-state index in [1.165, 1.54) is 40.1 Å². The van der Waals surface area contributed by atoms with E-state index in [4.69, 9.17) is 4.74 Å². The fourth-order valence-corrected chi connectivity index (χ4v) is 7.02. The van der Waals surface area contributed by atoms with Crippen molar-refractivity contribution in [3.05, 3.63) is 59.5 Å². The van der Waals surface area contributed by atoms with Crippen molar-refractivity contribution < 1.29 is 13.2 Å². The lowest BCUT2D eigenvalue weighted by Crippen LogP contribution is -2.43. The molecule has 2 aromatic heterocycles. The minimum absolute atomic E-state index is 0.168. The summed E-state index contributed by atoms with van der Waals surface area (Å²) in [6.45, 7) is 3.18. The van der Waals surface area contributed by atoms with Crippen LogP contribution in [0.2, 0.25) is 0 Å². The van der Waals surface area contributed by atoms with Gasteiger partial charge in [0.2, 0.25) is 10.0 Å². The maximum absolute atomic E-state index is 13.9. The molecule has 2 aliphatic rings. The third-order valence-corrected chi connectivity index (χ3v) is 8.74. The number of nitrogens with zero attached hydrogens (tertiary/aromatic N) is 6. The Morgan fingerprint density at radius 3 is 2.79 bits per heavy atom. The van der Waals surface area contributed by atoms with E-state index in [0.717, 1.165) is 25.0 Å². The molecule has 6 rings (SSSR count). The number of tetrazole rings is 1. The second kappa shape index (κ2) is 7.39. The highest BCUT2D eigenvalue weighted by Gasteiger charge is 2.41. The van der Waals surface area contributed by atoms with Crippen molar-refractivity contribution in [1.82, 2.24) is 29.1 Å². The molecule has 0 radical (unpaired) electrons. The average molecular weight is 465 g/mol. The van der Waals surface area contributed by atoms with Gasteiger partial charge in [-0.15, -0.1) is 5.10 Å². The van der Waals surface area contributed by atoms with Crippen molar-refractivity contribution in [3.63, 3.8) is 0 Å². The largest absolute Gasteiger partial charge is 0.494 e. The summed E-state index contributed by atoms with van der Waals surface area (Å²) in [5.41, 5.74) is 5.37. The third-order valence-electron chi connectivity index (χ3n) is 6.83. The van der Waals surface area contributed by atoms with E-state index in [1.807, 2.05) is 0 Å². The van der Waals surface area contributed by atoms with Gasteiger partial charge in [-0.05, 0) is 72.5 Å². The summed E-state index contributed by atoms with van der Waals surface area (Å²) in [4.78, 5) is 0.210. The molecule has 4 aromatic rings. The highest BCUT2D eigenvalue weighted by molar-refractivity contribution is 7.89. The first kappa shape index (κ1) is 20.4. The molecule has 0 amide bonds. The number of benzene rings is 2. The zero-order chi connectivity index (χ0) is 22.7. The van der Waals surface area contributed by atoms with Crippen LogP contribution in [0, 0.1) is 6.92 Å². The SMILES string of the molecule is COc1ccc(S(=O)(=O)N2CCn3c4c(c5cc(C)ccc53)CCC[C@H]42)cc1-n1cnnn1. The van der Waals surface area contributed by atoms with Crippen LogP contribution < -0.4 is 4.74 Å². The van der Waals surface area contributed by atoms with Crippen LogP contribution in [-0.2, 0) is 23.0 Å². The molecule has 33 heavy (non-hydrogen) atoms. The minimum atomic E-state index is -3.75. The van der Waals surface area contributed by atoms with Crippen LogP contribution >= 0.6 is 0 Å². The smallest absolute Gasteiger partial charge is 0.243 e. The molecule has 1 aliphatic carbocycles. The number of rotatable bonds is 4. The molecular formula is C23H24N6O3S. The predicted octanol–water partition coefficient (Wildman–Crippen LogP) is 3.02. The van der Waals surface area contributed by atoms with Crippen molar-refractivity contribution in [2.75, 3.05) is 13.7 Å². The average Bonchev–Trinajstić information content (AvgIpc) is 3.47. The number of hydrogen-bond acceptors (Lipinski definition) is 6. The maximum atomic E-state index is 13.9. The fraction of sp³-hybridized carbons (Fsp3) is 0.348. The predicted molar refractivity (Wildman–Crippen MR) is 122 cm³/mol. The van der Waals surface area contributed by atoms with Crippen LogP contribution in [0.25, 0.3) is 16.6 Å². The van der Waals surface area contributed by atoms with Gasteiger partial charge >= 0.3 is 0 Å². The number of hydrogen-bond donors (Lipinski definition) is 0. The number of aromatic nitrogens is 5. The number of fused-ring (bicyclic) bond motifs is 3. The van der Waals surface area contributed by atoms with Crippen molar-refractivity contribution in [3.8, 4) is 11.4 Å². The Morgan fingerprint density at radius 1 is 1.12 bits per heavy atom. The van der Waals surface area contributed by atoms with E-state index in [9.17, 15) is 8.42 Å². The Labute approximate surface area is 191 Å². The van der Waals surface area contributed by atoms with Crippen LogP contribution in [0.15, 0.2) is 47.6 Å². The van der Waals surface area contributed by atoms with Gasteiger partial charge in [0.25, 0.3) is 0 Å². The van der Waals surface area contributed by atoms with Gasteiger partial charge in [0.1, 0.15) is 17.8 Å². The quantitative estimate of drug-likeness (QED) is 0.461. The molecule has 0 unspecified atom stereocenters. The fourth-order valence-electron chi connectivity index (χ4n) is 5.39. The zero-order valence-electron chi connectivity index (χ0n) is 18.5. The second-order valence-corrected chi connectivity index (χ2v) is 10.5. The summed E-state index contributed by atoms with van der Waals surface area (Å²) < 4.78 is 38.7. The summed E-state index contributed by atoms with van der Waals surface area (Å²) in [6.07, 6.45) is 4.19. The maximum Gasteiger partial charge on any atom is 0.243 e. The topological polar surface area (TPSA) is 95.1 Å². The second-order valence-electron chi connectivity index (χ2n) is 8.65. The molecule has 0 fully saturated rings. The first-order chi connectivity index (χ1) is 16.0. The minimum Gasteiger partial charge on any atom is -0.494 e. The van der Waals surface area contributed by atoms with Crippen molar-refractivity contribution in [1.29, 1.82) is 0 Å². The molecule has 0 saturated carbocycles. The number of ether oxygens (including phenoxy) is 1. The molecule has 2 aromatic carbocycles. The third kappa shape index (κ3) is 3.01. The van der Waals surface area contributed by atoms with E-state index in [2.05, 4.69) is 45.2 Å². The molecule has 0 spiro atoms. The number of aryl methyl sites for hydroxylation is 2. The van der Waals surface area contributed by atoms with E-state index < -0.39 is 10.0 Å². The Bertz CT molecular complexity index is 1480. The highest BCUT2D eigenvalue weighted by atomic mass is 32.2. The molecule has 3 heterocycles. The van der Waals surface area contributed by atoms with Crippen LogP contribution in [-0.4, -0.2) is 51.2 Å². The van der Waals surface area contributed by atoms with Crippen LogP contribution in [0.5, 0.6) is 5.75 Å². The van der Waals surface area contributed by atoms with Gasteiger partial charge in [0, 0.05) is 29.7 Å². The van der Waals surface area contributed by atoms with Gasteiger partial charge in [-0.1, -0.05) is 11.6 Å². The molecule has 0 N–H and O–H groups in total. The molecule has 170 valence electrons. The Kier molecular flexibility index (Phi) is 4.56. The zero-order valence-corrected chi connectivity index (χ0v) is 19.3. The Morgan fingerprint density at radius 2 is 2.00 bits per heavy atom. The highest BCUT2D eigenvalue weighted by Crippen LogP contribution is 2.44. The number of sulfonamides is 1. The normalized spacial score (nSPS) is 18.4. The summed E-state index contributed by atoms with van der Waals surface area (Å²) in [5, 5.41) is 12.5. The molecule has 1 atom stereocenters. The van der Waals surface area contributed by atoms with Crippen molar-refractivity contribution >= 4 is 20.9 Å². The van der Waals surface area contributed by atoms with E-state index in [1.54, 1.807) is 22.5 Å². The van der Waals surface area contributed by atoms with Gasteiger partial charge in [-0.25, -0.2) is 8.42 Å². The van der Waals surface area contributed by atoms with Crippen molar-refractivity contribution in [2.24, 2.45) is 0 Å². The molecule has 9 nitrogen and oxygen atoms in total. The molecule has 1 aliphatic heterocycles. The lowest BCUT2D eigenvalue weighted by Gasteiger charge is -2.39. The van der Waals surface area contributed by atoms with Gasteiger partial charge < -0.3 is 9.30 Å². The molecule has 10 heteroatoms. The Balaban J connectivity index is 1.46. The lowest BCUT2D eigenvalue weighted by molar-refractivity contribution is 0.243. The molecular weight excluding hydrogens is 440 g/mol. The summed E-state index contributed by atoms with van der Waals surface area (Å²) >= 11 is 0. The van der Waals surface area contributed by atoms with E-state index in [0.29, 0.717) is 24.5 Å². The number of methoxy groups -OCH3 is 1. The van der Waals surface area contributed by atoms with E-state index >= 15 is 0 Å². The lowest BCUT2D eigenvalue weighted by atomic mass is 9.90. The van der Waals surface area contributed by atoms with Crippen LogP contribution in [0.3, 0.4) is 0 Å². The first-order valence-corrected chi connectivity index (χ1v) is 12.5. The van der Waals surface area contributed by atoms with Gasteiger partial charge in [0.15, 0.2) is 0 Å². The summed E-state index contributed by atoms with van der Waals surface area (Å²) in [7, 11) is -2.22. The summed E-state index contributed by atoms with van der Waals surface area (Å²) in [5.74, 6) is 0.496. The van der Waals surface area contributed by atoms with Crippen LogP contribution in [0.4, 0.5) is 0 Å². The van der Waals surface area contributed by atoms with E-state index in [-0.39, 0.29) is 10.9 Å². The summed E-state index contributed by atoms with van der Waals surface area (Å²) in [6, 6.07) is 11.2.